The Morgan fingerprint density at radius 2 is 1.67 bits per heavy atom. The van der Waals surface area contributed by atoms with Crippen LogP contribution in [-0.4, -0.2) is 5.78 Å². The average Bonchev–Trinajstić information content (AvgIpc) is 2.45. The molecule has 0 N–H and O–H groups in total. The molecule has 0 aliphatic rings. The molecule has 0 heterocycles. The number of carbonyl (C=O) groups excluding carboxylic acids is 1. The SMILES string of the molecule is CCc1ccccc1C(=O)C=Cc1ccccc1. The Hall–Kier alpha value is -2.15. The molecule has 0 spiro atoms. The van der Waals surface area contributed by atoms with Crippen molar-refractivity contribution in [3.8, 4) is 0 Å². The van der Waals surface area contributed by atoms with Crippen LogP contribution >= 0.6 is 0 Å². The Morgan fingerprint density at radius 1 is 1.00 bits per heavy atom. The van der Waals surface area contributed by atoms with E-state index in [2.05, 4.69) is 6.92 Å². The van der Waals surface area contributed by atoms with Crippen LogP contribution in [0.25, 0.3) is 6.08 Å². The van der Waals surface area contributed by atoms with Gasteiger partial charge in [-0.3, -0.25) is 4.79 Å². The highest BCUT2D eigenvalue weighted by Crippen LogP contribution is 2.12. The molecule has 18 heavy (non-hydrogen) atoms. The predicted octanol–water partition coefficient (Wildman–Crippen LogP) is 4.15. The van der Waals surface area contributed by atoms with Gasteiger partial charge >= 0.3 is 0 Å². The van der Waals surface area contributed by atoms with Crippen LogP contribution in [0.4, 0.5) is 0 Å². The molecular formula is C17H16O. The van der Waals surface area contributed by atoms with Crippen LogP contribution in [0.15, 0.2) is 60.7 Å². The van der Waals surface area contributed by atoms with Gasteiger partial charge in [0.25, 0.3) is 0 Å². The largest absolute Gasteiger partial charge is 0.289 e. The van der Waals surface area contributed by atoms with E-state index in [9.17, 15) is 4.79 Å². The molecule has 0 radical (unpaired) electrons. The molecule has 90 valence electrons. The number of ketones is 1. The summed E-state index contributed by atoms with van der Waals surface area (Å²) < 4.78 is 0. The summed E-state index contributed by atoms with van der Waals surface area (Å²) in [5.74, 6) is 0.0660. The Kier molecular flexibility index (Phi) is 4.08. The highest BCUT2D eigenvalue weighted by molar-refractivity contribution is 6.07. The van der Waals surface area contributed by atoms with Crippen LogP contribution in [-0.2, 0) is 6.42 Å². The number of benzene rings is 2. The van der Waals surface area contributed by atoms with Gasteiger partial charge in [-0.1, -0.05) is 67.6 Å². The van der Waals surface area contributed by atoms with Gasteiger partial charge in [0.1, 0.15) is 0 Å². The van der Waals surface area contributed by atoms with Crippen LogP contribution < -0.4 is 0 Å². The zero-order chi connectivity index (χ0) is 12.8. The van der Waals surface area contributed by atoms with Gasteiger partial charge in [-0.05, 0) is 23.6 Å². The lowest BCUT2D eigenvalue weighted by Crippen LogP contribution is -1.99. The fourth-order valence-electron chi connectivity index (χ4n) is 1.89. The molecule has 0 saturated heterocycles. The lowest BCUT2D eigenvalue weighted by atomic mass is 10.0. The second kappa shape index (κ2) is 5.97. The molecule has 1 nitrogen and oxygen atoms in total. The minimum absolute atomic E-state index is 0.0660. The summed E-state index contributed by atoms with van der Waals surface area (Å²) in [6, 6.07) is 17.6. The monoisotopic (exact) mass is 236 g/mol. The predicted molar refractivity (Wildman–Crippen MR) is 75.6 cm³/mol. The molecule has 2 rings (SSSR count). The number of hydrogen-bond acceptors (Lipinski definition) is 1. The zero-order valence-electron chi connectivity index (χ0n) is 10.5. The Labute approximate surface area is 108 Å². The first-order valence-electron chi connectivity index (χ1n) is 6.16. The van der Waals surface area contributed by atoms with E-state index in [1.54, 1.807) is 6.08 Å². The normalized spacial score (nSPS) is 10.7. The van der Waals surface area contributed by atoms with Crippen molar-refractivity contribution in [3.63, 3.8) is 0 Å². The summed E-state index contributed by atoms with van der Waals surface area (Å²) >= 11 is 0. The molecule has 0 amide bonds. The van der Waals surface area contributed by atoms with Crippen molar-refractivity contribution in [1.82, 2.24) is 0 Å². The molecule has 0 aliphatic heterocycles. The molecule has 0 aliphatic carbocycles. The maximum Gasteiger partial charge on any atom is 0.186 e. The molecule has 0 atom stereocenters. The van der Waals surface area contributed by atoms with E-state index in [-0.39, 0.29) is 5.78 Å². The van der Waals surface area contributed by atoms with Crippen molar-refractivity contribution in [2.24, 2.45) is 0 Å². The van der Waals surface area contributed by atoms with Gasteiger partial charge in [0, 0.05) is 5.56 Å². The van der Waals surface area contributed by atoms with Gasteiger partial charge in [0.05, 0.1) is 0 Å². The van der Waals surface area contributed by atoms with Crippen LogP contribution in [0, 0.1) is 0 Å². The zero-order valence-corrected chi connectivity index (χ0v) is 10.5. The van der Waals surface area contributed by atoms with Gasteiger partial charge < -0.3 is 0 Å². The molecule has 0 unspecified atom stereocenters. The van der Waals surface area contributed by atoms with Gasteiger partial charge in [0.2, 0.25) is 0 Å². The van der Waals surface area contributed by atoms with E-state index in [1.165, 1.54) is 0 Å². The Morgan fingerprint density at radius 3 is 2.39 bits per heavy atom. The molecular weight excluding hydrogens is 220 g/mol. The maximum absolute atomic E-state index is 12.1. The lowest BCUT2D eigenvalue weighted by molar-refractivity contribution is 0.104. The quantitative estimate of drug-likeness (QED) is 0.576. The third-order valence-corrected chi connectivity index (χ3v) is 2.89. The van der Waals surface area contributed by atoms with Crippen molar-refractivity contribution in [2.45, 2.75) is 13.3 Å². The molecule has 0 fully saturated rings. The molecule has 2 aromatic carbocycles. The third-order valence-electron chi connectivity index (χ3n) is 2.89. The highest BCUT2D eigenvalue weighted by atomic mass is 16.1. The summed E-state index contributed by atoms with van der Waals surface area (Å²) in [6.45, 7) is 2.06. The minimum Gasteiger partial charge on any atom is -0.289 e. The number of aryl methyl sites for hydroxylation is 1. The standard InChI is InChI=1S/C17H16O/c1-2-15-10-6-7-11-16(15)17(18)13-12-14-8-4-3-5-9-14/h3-13H,2H2,1H3. The van der Waals surface area contributed by atoms with E-state index in [4.69, 9.17) is 0 Å². The van der Waals surface area contributed by atoms with Crippen molar-refractivity contribution in [1.29, 1.82) is 0 Å². The Balaban J connectivity index is 2.20. The van der Waals surface area contributed by atoms with Crippen molar-refractivity contribution in [2.75, 3.05) is 0 Å². The van der Waals surface area contributed by atoms with Crippen molar-refractivity contribution in [3.05, 3.63) is 77.4 Å². The third kappa shape index (κ3) is 2.95. The fraction of sp³-hybridized carbons (Fsp3) is 0.118. The molecule has 0 bridgehead atoms. The first-order chi connectivity index (χ1) is 8.81. The van der Waals surface area contributed by atoms with Gasteiger partial charge in [-0.2, -0.15) is 0 Å². The molecule has 2 aromatic rings. The first-order valence-corrected chi connectivity index (χ1v) is 6.16. The van der Waals surface area contributed by atoms with Crippen molar-refractivity contribution >= 4 is 11.9 Å². The molecule has 1 heteroatoms. The topological polar surface area (TPSA) is 17.1 Å². The van der Waals surface area contributed by atoms with Crippen molar-refractivity contribution < 1.29 is 4.79 Å². The number of carbonyl (C=O) groups is 1. The lowest BCUT2D eigenvalue weighted by Gasteiger charge is -2.03. The number of hydrogen-bond donors (Lipinski definition) is 0. The fourth-order valence-corrected chi connectivity index (χ4v) is 1.89. The van der Waals surface area contributed by atoms with E-state index in [0.717, 1.165) is 23.1 Å². The first kappa shape index (κ1) is 12.3. The average molecular weight is 236 g/mol. The Bertz CT molecular complexity index is 553. The van der Waals surface area contributed by atoms with E-state index >= 15 is 0 Å². The highest BCUT2D eigenvalue weighted by Gasteiger charge is 2.05. The van der Waals surface area contributed by atoms with Crippen LogP contribution in [0.3, 0.4) is 0 Å². The smallest absolute Gasteiger partial charge is 0.186 e. The molecule has 0 saturated carbocycles. The summed E-state index contributed by atoms with van der Waals surface area (Å²) in [4.78, 5) is 12.1. The minimum atomic E-state index is 0.0660. The van der Waals surface area contributed by atoms with Crippen LogP contribution in [0.2, 0.25) is 0 Å². The van der Waals surface area contributed by atoms with E-state index < -0.39 is 0 Å². The van der Waals surface area contributed by atoms with Gasteiger partial charge in [0.15, 0.2) is 5.78 Å². The maximum atomic E-state index is 12.1. The molecule has 0 aromatic heterocycles. The second-order valence-corrected chi connectivity index (χ2v) is 4.12. The van der Waals surface area contributed by atoms with E-state index in [1.807, 2.05) is 60.7 Å². The van der Waals surface area contributed by atoms with E-state index in [0.29, 0.717) is 0 Å². The summed E-state index contributed by atoms with van der Waals surface area (Å²) in [7, 11) is 0. The summed E-state index contributed by atoms with van der Waals surface area (Å²) in [5.41, 5.74) is 2.94. The number of rotatable bonds is 4. The van der Waals surface area contributed by atoms with Gasteiger partial charge in [-0.15, -0.1) is 0 Å². The van der Waals surface area contributed by atoms with Crippen LogP contribution in [0.1, 0.15) is 28.4 Å². The second-order valence-electron chi connectivity index (χ2n) is 4.12. The van der Waals surface area contributed by atoms with Gasteiger partial charge in [-0.25, -0.2) is 0 Å². The summed E-state index contributed by atoms with van der Waals surface area (Å²) in [5, 5.41) is 0. The summed E-state index contributed by atoms with van der Waals surface area (Å²) in [6.07, 6.45) is 4.37. The number of allylic oxidation sites excluding steroid dienone is 1. The van der Waals surface area contributed by atoms with Crippen LogP contribution in [0.5, 0.6) is 0 Å².